The fourth-order valence-electron chi connectivity index (χ4n) is 6.49. The van der Waals surface area contributed by atoms with Crippen LogP contribution in [0.3, 0.4) is 0 Å². The van der Waals surface area contributed by atoms with Crippen LogP contribution in [0.5, 0.6) is 0 Å². The molecule has 2 amide bonds. The Labute approximate surface area is 290 Å². The van der Waals surface area contributed by atoms with E-state index >= 15 is 0 Å². The highest BCUT2D eigenvalue weighted by molar-refractivity contribution is 8.00. The molecular weight excluding hydrogens is 643 g/mol. The second kappa shape index (κ2) is 16.5. The van der Waals surface area contributed by atoms with Gasteiger partial charge in [-0.05, 0) is 85.2 Å². The summed E-state index contributed by atoms with van der Waals surface area (Å²) in [5, 5.41) is 37.8. The van der Waals surface area contributed by atoms with Crippen LogP contribution in [-0.4, -0.2) is 77.6 Å². The molecule has 49 heavy (non-hydrogen) atoms. The van der Waals surface area contributed by atoms with E-state index in [9.17, 15) is 20.0 Å². The lowest BCUT2D eigenvalue weighted by Crippen LogP contribution is -2.40. The summed E-state index contributed by atoms with van der Waals surface area (Å²) in [7, 11) is 0. The van der Waals surface area contributed by atoms with Crippen molar-refractivity contribution in [1.82, 2.24) is 9.80 Å². The van der Waals surface area contributed by atoms with Crippen LogP contribution in [0.1, 0.15) is 79.8 Å². The fraction of sp³-hybridized carbons (Fsp3) is 0.378. The predicted octanol–water partition coefficient (Wildman–Crippen LogP) is 6.88. The van der Waals surface area contributed by atoms with Gasteiger partial charge in [0.2, 0.25) is 0 Å². The standard InChI is InChI=1S/C37H43N5O6S/c1-24(38-45)30-12-6-9-27(17-30)20-41-33-23-49-34(36(33)42(37(41)44)21-28-10-7-13-31(18-28)25(2)39-46)15-4-5-16-35(43)48-22-29-11-8-14-32(19-29)26(3)40-47/h6-14,17-19,33-34,36,45-47H,4-5,15-16,20-23H2,1-3H3/b38-24-,39-25-,40-26+/t33-,34-,36-/m0/s1. The molecule has 0 spiro atoms. The first-order valence-corrected chi connectivity index (χ1v) is 17.5. The number of rotatable bonds is 14. The lowest BCUT2D eigenvalue weighted by Gasteiger charge is -2.27. The highest BCUT2D eigenvalue weighted by Gasteiger charge is 2.52. The highest BCUT2D eigenvalue weighted by Crippen LogP contribution is 2.43. The molecule has 258 valence electrons. The molecular formula is C37H43N5O6S. The average Bonchev–Trinajstić information content (AvgIpc) is 3.65. The molecule has 2 saturated heterocycles. The number of unbranched alkanes of at least 4 members (excludes halogenated alkanes) is 1. The predicted molar refractivity (Wildman–Crippen MR) is 190 cm³/mol. The number of ether oxygens (including phenoxy) is 1. The Kier molecular flexibility index (Phi) is 12.0. The first kappa shape index (κ1) is 35.5. The minimum Gasteiger partial charge on any atom is -0.461 e. The zero-order chi connectivity index (χ0) is 34.9. The van der Waals surface area contributed by atoms with Crippen LogP contribution in [-0.2, 0) is 29.2 Å². The number of amides is 2. The topological polar surface area (TPSA) is 148 Å². The van der Waals surface area contributed by atoms with Crippen LogP contribution in [0.4, 0.5) is 4.79 Å². The molecule has 0 bridgehead atoms. The van der Waals surface area contributed by atoms with Gasteiger partial charge in [0.15, 0.2) is 0 Å². The van der Waals surface area contributed by atoms with Gasteiger partial charge in [-0.1, -0.05) is 76.5 Å². The van der Waals surface area contributed by atoms with Crippen LogP contribution >= 0.6 is 11.8 Å². The number of benzene rings is 3. The van der Waals surface area contributed by atoms with E-state index in [2.05, 4.69) is 15.5 Å². The largest absolute Gasteiger partial charge is 0.461 e. The summed E-state index contributed by atoms with van der Waals surface area (Å²) in [5.41, 5.74) is 6.60. The van der Waals surface area contributed by atoms with E-state index in [4.69, 9.17) is 9.94 Å². The van der Waals surface area contributed by atoms with Crippen molar-refractivity contribution in [1.29, 1.82) is 0 Å². The number of hydrogen-bond acceptors (Lipinski definition) is 10. The maximum absolute atomic E-state index is 14.1. The second-order valence-corrected chi connectivity index (χ2v) is 13.8. The number of nitrogens with zero attached hydrogens (tertiary/aromatic N) is 5. The van der Waals surface area contributed by atoms with Crippen molar-refractivity contribution in [3.63, 3.8) is 0 Å². The minimum atomic E-state index is -0.260. The molecule has 0 saturated carbocycles. The molecule has 11 nitrogen and oxygen atoms in total. The summed E-state index contributed by atoms with van der Waals surface area (Å²) < 4.78 is 5.52. The molecule has 0 aromatic heterocycles. The van der Waals surface area contributed by atoms with Crippen LogP contribution in [0, 0.1) is 0 Å². The quantitative estimate of drug-likeness (QED) is 0.0419. The molecule has 0 radical (unpaired) electrons. The molecule has 2 aliphatic heterocycles. The van der Waals surface area contributed by atoms with Gasteiger partial charge in [-0.15, -0.1) is 0 Å². The maximum atomic E-state index is 14.1. The Morgan fingerprint density at radius 1 is 0.776 bits per heavy atom. The smallest absolute Gasteiger partial charge is 0.321 e. The first-order valence-electron chi connectivity index (χ1n) is 16.4. The summed E-state index contributed by atoms with van der Waals surface area (Å²) >= 11 is 1.88. The zero-order valence-electron chi connectivity index (χ0n) is 28.0. The summed E-state index contributed by atoms with van der Waals surface area (Å²) in [5.74, 6) is 0.552. The Morgan fingerprint density at radius 2 is 1.29 bits per heavy atom. The lowest BCUT2D eigenvalue weighted by atomic mass is 9.99. The van der Waals surface area contributed by atoms with E-state index in [-0.39, 0.29) is 35.9 Å². The SMILES string of the molecule is C/C(=N/O)c1cccc(CN2C(=O)N(Cc3cccc(/C(C)=N\O)c3)[C@H]3CS[C@@H](CCCCC(=O)OCc4cccc(/C(C)=N/O)c4)[C@H]32)c1. The van der Waals surface area contributed by atoms with Gasteiger partial charge in [0, 0.05) is 30.5 Å². The second-order valence-electron chi connectivity index (χ2n) is 12.5. The van der Waals surface area contributed by atoms with E-state index in [1.54, 1.807) is 20.8 Å². The molecule has 3 aromatic carbocycles. The first-order chi connectivity index (χ1) is 23.7. The third-order valence-corrected chi connectivity index (χ3v) is 10.7. The number of oxime groups is 3. The highest BCUT2D eigenvalue weighted by atomic mass is 32.2. The zero-order valence-corrected chi connectivity index (χ0v) is 28.8. The van der Waals surface area contributed by atoms with E-state index in [1.807, 2.05) is 94.4 Å². The Morgan fingerprint density at radius 3 is 1.84 bits per heavy atom. The molecule has 3 aromatic rings. The van der Waals surface area contributed by atoms with Crippen molar-refractivity contribution in [3.8, 4) is 0 Å². The van der Waals surface area contributed by atoms with Crippen molar-refractivity contribution < 1.29 is 29.9 Å². The number of carbonyl (C=O) groups excluding carboxylic acids is 2. The van der Waals surface area contributed by atoms with Crippen LogP contribution in [0.2, 0.25) is 0 Å². The number of fused-ring (bicyclic) bond motifs is 1. The van der Waals surface area contributed by atoms with Gasteiger partial charge in [0.25, 0.3) is 0 Å². The number of hydrogen-bond donors (Lipinski definition) is 3. The fourth-order valence-corrected chi connectivity index (χ4v) is 8.17. The van der Waals surface area contributed by atoms with E-state index in [1.165, 1.54) is 0 Å². The van der Waals surface area contributed by atoms with Gasteiger partial charge in [-0.3, -0.25) is 4.79 Å². The van der Waals surface area contributed by atoms with Gasteiger partial charge < -0.3 is 30.2 Å². The third kappa shape index (κ3) is 8.61. The number of thioether (sulfide) groups is 1. The lowest BCUT2D eigenvalue weighted by molar-refractivity contribution is -0.145. The molecule has 3 N–H and O–H groups in total. The summed E-state index contributed by atoms with van der Waals surface area (Å²) in [6.07, 6.45) is 2.67. The van der Waals surface area contributed by atoms with Crippen molar-refractivity contribution in [3.05, 3.63) is 106 Å². The number of carbonyl (C=O) groups is 2. The molecule has 2 heterocycles. The Balaban J connectivity index is 1.24. The maximum Gasteiger partial charge on any atom is 0.321 e. The molecule has 5 rings (SSSR count). The minimum absolute atomic E-state index is 0.0113. The Bertz CT molecular complexity index is 1740. The summed E-state index contributed by atoms with van der Waals surface area (Å²) in [6.45, 7) is 6.20. The number of esters is 1. The van der Waals surface area contributed by atoms with E-state index < -0.39 is 0 Å². The normalized spacial score (nSPS) is 19.8. The summed E-state index contributed by atoms with van der Waals surface area (Å²) in [4.78, 5) is 30.7. The Hall–Kier alpha value is -4.84. The molecule has 2 fully saturated rings. The molecule has 3 atom stereocenters. The molecule has 0 unspecified atom stereocenters. The van der Waals surface area contributed by atoms with Gasteiger partial charge in [0.05, 0.1) is 29.2 Å². The van der Waals surface area contributed by atoms with Crippen LogP contribution in [0.15, 0.2) is 88.3 Å². The van der Waals surface area contributed by atoms with Gasteiger partial charge in [-0.25, -0.2) is 4.79 Å². The third-order valence-electron chi connectivity index (χ3n) is 9.22. The number of urea groups is 1. The van der Waals surface area contributed by atoms with E-state index in [0.29, 0.717) is 43.1 Å². The van der Waals surface area contributed by atoms with Crippen molar-refractivity contribution >= 4 is 40.9 Å². The molecule has 12 heteroatoms. The van der Waals surface area contributed by atoms with Crippen LogP contribution < -0.4 is 0 Å². The van der Waals surface area contributed by atoms with Gasteiger partial charge in [0.1, 0.15) is 6.61 Å². The van der Waals surface area contributed by atoms with Gasteiger partial charge >= 0.3 is 12.0 Å². The molecule has 0 aliphatic carbocycles. The van der Waals surface area contributed by atoms with Crippen molar-refractivity contribution in [2.24, 2.45) is 15.5 Å². The summed E-state index contributed by atoms with van der Waals surface area (Å²) in [6, 6.07) is 22.8. The van der Waals surface area contributed by atoms with Crippen LogP contribution in [0.25, 0.3) is 0 Å². The van der Waals surface area contributed by atoms with E-state index in [0.717, 1.165) is 52.0 Å². The van der Waals surface area contributed by atoms with Crippen molar-refractivity contribution in [2.75, 3.05) is 5.75 Å². The average molecular weight is 686 g/mol. The van der Waals surface area contributed by atoms with Gasteiger partial charge in [-0.2, -0.15) is 11.8 Å². The molecule has 2 aliphatic rings. The monoisotopic (exact) mass is 685 g/mol. The van der Waals surface area contributed by atoms with Crippen molar-refractivity contribution in [2.45, 2.75) is 83.5 Å².